The minimum atomic E-state index is -0.713. The minimum absolute atomic E-state index is 0.365. The van der Waals surface area contributed by atoms with Gasteiger partial charge in [-0.25, -0.2) is 4.79 Å². The first-order valence-electron chi connectivity index (χ1n) is 6.24. The zero-order chi connectivity index (χ0) is 12.8. The van der Waals surface area contributed by atoms with E-state index in [9.17, 15) is 14.4 Å². The van der Waals surface area contributed by atoms with Crippen molar-refractivity contribution in [1.29, 1.82) is 0 Å². The highest BCUT2D eigenvalue weighted by Crippen LogP contribution is 2.22. The third kappa shape index (κ3) is 3.84. The summed E-state index contributed by atoms with van der Waals surface area (Å²) in [7, 11) is 0. The second-order valence-corrected chi connectivity index (χ2v) is 4.51. The summed E-state index contributed by atoms with van der Waals surface area (Å²) in [6, 6.07) is -0.710. The van der Waals surface area contributed by atoms with E-state index in [1.54, 1.807) is 0 Å². The third-order valence-corrected chi connectivity index (χ3v) is 3.22. The van der Waals surface area contributed by atoms with Crippen molar-refractivity contribution >= 4 is 17.8 Å². The van der Waals surface area contributed by atoms with Gasteiger partial charge in [0.05, 0.1) is 0 Å². The number of hydrogen-bond acceptors (Lipinski definition) is 3. The summed E-state index contributed by atoms with van der Waals surface area (Å²) in [5.41, 5.74) is 0. The van der Waals surface area contributed by atoms with Crippen molar-refractivity contribution in [3.05, 3.63) is 0 Å². The molecule has 1 fully saturated rings. The number of rotatable bonds is 6. The van der Waals surface area contributed by atoms with Gasteiger partial charge in [-0.1, -0.05) is 39.5 Å². The summed E-state index contributed by atoms with van der Waals surface area (Å²) < 4.78 is 0. The number of urea groups is 1. The molecule has 5 heteroatoms. The van der Waals surface area contributed by atoms with E-state index in [1.165, 1.54) is 0 Å². The Labute approximate surface area is 101 Å². The van der Waals surface area contributed by atoms with Gasteiger partial charge in [0, 0.05) is 0 Å². The maximum atomic E-state index is 11.5. The Morgan fingerprint density at radius 1 is 1.12 bits per heavy atom. The molecule has 96 valence electrons. The molecule has 0 spiro atoms. The SMILES string of the molecule is CCCCC(CC)CC1C(=O)NC(=O)NC1=O. The highest BCUT2D eigenvalue weighted by Gasteiger charge is 2.35. The second kappa shape index (κ2) is 6.37. The molecule has 5 nitrogen and oxygen atoms in total. The lowest BCUT2D eigenvalue weighted by Gasteiger charge is -2.24. The predicted octanol–water partition coefficient (Wildman–Crippen LogP) is 1.58. The summed E-state index contributed by atoms with van der Waals surface area (Å²) in [4.78, 5) is 34.0. The van der Waals surface area contributed by atoms with Crippen molar-refractivity contribution in [3.8, 4) is 0 Å². The lowest BCUT2D eigenvalue weighted by Crippen LogP contribution is -2.56. The Morgan fingerprint density at radius 2 is 1.71 bits per heavy atom. The van der Waals surface area contributed by atoms with E-state index in [1.807, 2.05) is 0 Å². The van der Waals surface area contributed by atoms with Crippen molar-refractivity contribution in [1.82, 2.24) is 10.6 Å². The van der Waals surface area contributed by atoms with Crippen LogP contribution in [-0.2, 0) is 9.59 Å². The average molecular weight is 240 g/mol. The van der Waals surface area contributed by atoms with Crippen LogP contribution in [0.4, 0.5) is 4.79 Å². The first kappa shape index (κ1) is 13.7. The third-order valence-electron chi connectivity index (χ3n) is 3.22. The van der Waals surface area contributed by atoms with Crippen molar-refractivity contribution in [2.24, 2.45) is 11.8 Å². The molecule has 1 atom stereocenters. The van der Waals surface area contributed by atoms with Crippen LogP contribution in [0.1, 0.15) is 46.0 Å². The van der Waals surface area contributed by atoms with Crippen molar-refractivity contribution in [3.63, 3.8) is 0 Å². The number of nitrogens with one attached hydrogen (secondary N) is 2. The van der Waals surface area contributed by atoms with Crippen LogP contribution in [0.15, 0.2) is 0 Å². The van der Waals surface area contributed by atoms with Gasteiger partial charge in [0.25, 0.3) is 0 Å². The summed E-state index contributed by atoms with van der Waals surface area (Å²) >= 11 is 0. The molecule has 1 unspecified atom stereocenters. The highest BCUT2D eigenvalue weighted by molar-refractivity contribution is 6.16. The van der Waals surface area contributed by atoms with Gasteiger partial charge in [-0.05, 0) is 12.3 Å². The van der Waals surface area contributed by atoms with Gasteiger partial charge in [-0.3, -0.25) is 20.2 Å². The molecule has 1 saturated heterocycles. The van der Waals surface area contributed by atoms with E-state index in [0.29, 0.717) is 12.3 Å². The molecule has 1 aliphatic heterocycles. The van der Waals surface area contributed by atoms with Crippen LogP contribution in [0, 0.1) is 11.8 Å². The topological polar surface area (TPSA) is 75.3 Å². The normalized spacial score (nSPS) is 18.8. The zero-order valence-electron chi connectivity index (χ0n) is 10.4. The second-order valence-electron chi connectivity index (χ2n) is 4.51. The quantitative estimate of drug-likeness (QED) is 0.692. The van der Waals surface area contributed by atoms with Crippen LogP contribution in [0.5, 0.6) is 0 Å². The monoisotopic (exact) mass is 240 g/mol. The van der Waals surface area contributed by atoms with E-state index in [0.717, 1.165) is 25.7 Å². The highest BCUT2D eigenvalue weighted by atomic mass is 16.2. The summed E-state index contributed by atoms with van der Waals surface area (Å²) in [5.74, 6) is -1.28. The van der Waals surface area contributed by atoms with E-state index in [4.69, 9.17) is 0 Å². The van der Waals surface area contributed by atoms with E-state index in [-0.39, 0.29) is 0 Å². The molecular formula is C12H20N2O3. The number of imide groups is 2. The fourth-order valence-electron chi connectivity index (χ4n) is 2.08. The number of hydrogen-bond donors (Lipinski definition) is 2. The molecule has 1 heterocycles. The van der Waals surface area contributed by atoms with Gasteiger partial charge in [-0.15, -0.1) is 0 Å². The Balaban J connectivity index is 2.55. The van der Waals surface area contributed by atoms with Crippen molar-refractivity contribution < 1.29 is 14.4 Å². The van der Waals surface area contributed by atoms with Gasteiger partial charge in [0.15, 0.2) is 0 Å². The molecular weight excluding hydrogens is 220 g/mol. The van der Waals surface area contributed by atoms with Gasteiger partial charge < -0.3 is 0 Å². The van der Waals surface area contributed by atoms with Crippen molar-refractivity contribution in [2.45, 2.75) is 46.0 Å². The summed E-state index contributed by atoms with van der Waals surface area (Å²) in [5, 5.41) is 4.27. The van der Waals surface area contributed by atoms with Gasteiger partial charge in [0.2, 0.25) is 11.8 Å². The molecule has 1 rings (SSSR count). The van der Waals surface area contributed by atoms with Crippen LogP contribution in [-0.4, -0.2) is 17.8 Å². The molecule has 0 aromatic rings. The molecule has 0 saturated carbocycles. The van der Waals surface area contributed by atoms with E-state index in [2.05, 4.69) is 24.5 Å². The van der Waals surface area contributed by atoms with Crippen LogP contribution in [0.25, 0.3) is 0 Å². The molecule has 1 aliphatic rings. The Hall–Kier alpha value is -1.39. The van der Waals surface area contributed by atoms with Gasteiger partial charge in [-0.2, -0.15) is 0 Å². The maximum Gasteiger partial charge on any atom is 0.328 e. The number of amides is 4. The van der Waals surface area contributed by atoms with E-state index >= 15 is 0 Å². The first-order valence-corrected chi connectivity index (χ1v) is 6.24. The Morgan fingerprint density at radius 3 is 2.18 bits per heavy atom. The van der Waals surface area contributed by atoms with Crippen LogP contribution in [0.2, 0.25) is 0 Å². The number of unbranched alkanes of at least 4 members (excludes halogenated alkanes) is 1. The molecule has 0 radical (unpaired) electrons. The van der Waals surface area contributed by atoms with Crippen LogP contribution < -0.4 is 10.6 Å². The summed E-state index contributed by atoms with van der Waals surface area (Å²) in [6.45, 7) is 4.18. The summed E-state index contributed by atoms with van der Waals surface area (Å²) in [6.07, 6.45) is 4.72. The largest absolute Gasteiger partial charge is 0.328 e. The average Bonchev–Trinajstić information content (AvgIpc) is 2.27. The fourth-order valence-corrected chi connectivity index (χ4v) is 2.08. The smallest absolute Gasteiger partial charge is 0.277 e. The Bertz CT molecular complexity index is 295. The lowest BCUT2D eigenvalue weighted by atomic mass is 9.87. The minimum Gasteiger partial charge on any atom is -0.277 e. The first-order chi connectivity index (χ1) is 8.08. The number of carbonyl (C=O) groups is 3. The molecule has 0 aliphatic carbocycles. The molecule has 0 aromatic carbocycles. The molecule has 17 heavy (non-hydrogen) atoms. The zero-order valence-corrected chi connectivity index (χ0v) is 10.4. The number of carbonyl (C=O) groups excluding carboxylic acids is 3. The molecule has 0 bridgehead atoms. The van der Waals surface area contributed by atoms with Gasteiger partial charge in [0.1, 0.15) is 5.92 Å². The van der Waals surface area contributed by atoms with Crippen LogP contribution in [0.3, 0.4) is 0 Å². The maximum absolute atomic E-state index is 11.5. The Kier molecular flexibility index (Phi) is 5.12. The predicted molar refractivity (Wildman–Crippen MR) is 63.1 cm³/mol. The van der Waals surface area contributed by atoms with Gasteiger partial charge >= 0.3 is 6.03 Å². The fraction of sp³-hybridized carbons (Fsp3) is 0.750. The standard InChI is InChI=1S/C12H20N2O3/c1-3-5-6-8(4-2)7-9-10(15)13-12(17)14-11(9)16/h8-9H,3-7H2,1-2H3,(H2,13,14,15,16,17). The van der Waals surface area contributed by atoms with Crippen LogP contribution >= 0.6 is 0 Å². The van der Waals surface area contributed by atoms with E-state index < -0.39 is 23.8 Å². The molecule has 4 amide bonds. The molecule has 2 N–H and O–H groups in total. The molecule has 0 aromatic heterocycles. The van der Waals surface area contributed by atoms with Crippen molar-refractivity contribution in [2.75, 3.05) is 0 Å². The number of barbiturate groups is 1. The lowest BCUT2D eigenvalue weighted by molar-refractivity contribution is -0.136.